The normalized spacial score (nSPS) is 12.6. The lowest BCUT2D eigenvalue weighted by molar-refractivity contribution is 0.586. The maximum atomic E-state index is 6.17. The third kappa shape index (κ3) is 3.66. The van der Waals surface area contributed by atoms with Crippen molar-refractivity contribution in [3.8, 4) is 0 Å². The lowest BCUT2D eigenvalue weighted by Gasteiger charge is -2.17. The van der Waals surface area contributed by atoms with Crippen molar-refractivity contribution in [3.05, 3.63) is 46.2 Å². The van der Waals surface area contributed by atoms with Crippen LogP contribution >= 0.6 is 35.0 Å². The summed E-state index contributed by atoms with van der Waals surface area (Å²) in [4.78, 5) is 1.14. The molecule has 0 saturated heterocycles. The van der Waals surface area contributed by atoms with Gasteiger partial charge in [0, 0.05) is 22.7 Å². The molecule has 0 aliphatic heterocycles. The number of thioether (sulfide) groups is 1. The summed E-state index contributed by atoms with van der Waals surface area (Å²) in [6.07, 6.45) is 1.67. The monoisotopic (exact) mass is 315 g/mol. The molecule has 1 aromatic carbocycles. The average molecular weight is 316 g/mol. The van der Waals surface area contributed by atoms with E-state index >= 15 is 0 Å². The van der Waals surface area contributed by atoms with Crippen LogP contribution in [0, 0.1) is 0 Å². The highest BCUT2D eigenvalue weighted by molar-refractivity contribution is 7.99. The van der Waals surface area contributed by atoms with Gasteiger partial charge in [-0.2, -0.15) is 5.10 Å². The summed E-state index contributed by atoms with van der Waals surface area (Å²) in [6, 6.07) is 7.98. The number of hydrogen-bond acceptors (Lipinski definition) is 3. The lowest BCUT2D eigenvalue weighted by Crippen LogP contribution is -2.22. The molecule has 0 bridgehead atoms. The van der Waals surface area contributed by atoms with E-state index in [1.165, 1.54) is 0 Å². The summed E-state index contributed by atoms with van der Waals surface area (Å²) in [6.45, 7) is 0. The molecule has 0 radical (unpaired) electrons. The lowest BCUT2D eigenvalue weighted by atomic mass is 10.2. The zero-order chi connectivity index (χ0) is 13.8. The third-order valence-electron chi connectivity index (χ3n) is 2.83. The highest BCUT2D eigenvalue weighted by atomic mass is 35.5. The van der Waals surface area contributed by atoms with Gasteiger partial charge in [-0.1, -0.05) is 29.3 Å². The molecule has 0 aliphatic carbocycles. The van der Waals surface area contributed by atoms with Crippen LogP contribution in [0.25, 0.3) is 0 Å². The van der Waals surface area contributed by atoms with Gasteiger partial charge in [0.05, 0.1) is 23.0 Å². The topological polar surface area (TPSA) is 29.9 Å². The molecule has 1 atom stereocenters. The van der Waals surface area contributed by atoms with Gasteiger partial charge in [0.25, 0.3) is 0 Å². The SMILES string of the molecule is CNC(CSc1cccc(Cl)c1)c1c(Cl)cnn1C. The number of nitrogens with zero attached hydrogens (tertiary/aromatic N) is 2. The van der Waals surface area contributed by atoms with Gasteiger partial charge >= 0.3 is 0 Å². The van der Waals surface area contributed by atoms with Crippen LogP contribution < -0.4 is 5.32 Å². The highest BCUT2D eigenvalue weighted by Crippen LogP contribution is 2.29. The fourth-order valence-corrected chi connectivity index (χ4v) is 3.47. The summed E-state index contributed by atoms with van der Waals surface area (Å²) in [7, 11) is 3.82. The van der Waals surface area contributed by atoms with Gasteiger partial charge in [0.2, 0.25) is 0 Å². The summed E-state index contributed by atoms with van der Waals surface area (Å²) in [5, 5.41) is 8.88. The maximum Gasteiger partial charge on any atom is 0.0834 e. The molecule has 0 saturated carbocycles. The van der Waals surface area contributed by atoms with E-state index in [0.717, 1.165) is 21.4 Å². The van der Waals surface area contributed by atoms with Crippen molar-refractivity contribution in [1.82, 2.24) is 15.1 Å². The van der Waals surface area contributed by atoms with Crippen LogP contribution in [0.3, 0.4) is 0 Å². The van der Waals surface area contributed by atoms with Crippen LogP contribution in [0.5, 0.6) is 0 Å². The van der Waals surface area contributed by atoms with Crippen molar-refractivity contribution < 1.29 is 0 Å². The van der Waals surface area contributed by atoms with Gasteiger partial charge in [-0.05, 0) is 25.2 Å². The highest BCUT2D eigenvalue weighted by Gasteiger charge is 2.17. The van der Waals surface area contributed by atoms with E-state index in [9.17, 15) is 0 Å². The predicted octanol–water partition coefficient (Wildman–Crippen LogP) is 3.78. The first-order valence-corrected chi connectivity index (χ1v) is 7.59. The predicted molar refractivity (Wildman–Crippen MR) is 82.2 cm³/mol. The maximum absolute atomic E-state index is 6.17. The molecule has 6 heteroatoms. The molecular weight excluding hydrogens is 301 g/mol. The number of hydrogen-bond donors (Lipinski definition) is 1. The molecule has 1 aromatic heterocycles. The average Bonchev–Trinajstić information content (AvgIpc) is 2.71. The molecule has 1 unspecified atom stereocenters. The standard InChI is InChI=1S/C13H15Cl2N3S/c1-16-12(13-11(15)7-17-18(13)2)8-19-10-5-3-4-9(14)6-10/h3-7,12,16H,8H2,1-2H3. The molecule has 19 heavy (non-hydrogen) atoms. The number of rotatable bonds is 5. The van der Waals surface area contributed by atoms with E-state index in [1.54, 1.807) is 18.0 Å². The second-order valence-corrected chi connectivity index (χ2v) is 6.05. The number of halogens is 2. The van der Waals surface area contributed by atoms with E-state index in [1.807, 2.05) is 43.0 Å². The number of aromatic nitrogens is 2. The molecule has 2 rings (SSSR count). The number of nitrogens with one attached hydrogen (secondary N) is 1. The molecule has 0 fully saturated rings. The zero-order valence-electron chi connectivity index (χ0n) is 10.7. The first-order chi connectivity index (χ1) is 9.11. The minimum absolute atomic E-state index is 0.143. The first kappa shape index (κ1) is 14.7. The Hall–Kier alpha value is -0.680. The Morgan fingerprint density at radius 2 is 2.21 bits per heavy atom. The Balaban J connectivity index is 2.08. The van der Waals surface area contributed by atoms with Gasteiger partial charge in [-0.3, -0.25) is 4.68 Å². The Kier molecular flexibility index (Phi) is 5.16. The van der Waals surface area contributed by atoms with E-state index in [0.29, 0.717) is 5.02 Å². The van der Waals surface area contributed by atoms with Gasteiger partial charge in [0.15, 0.2) is 0 Å². The van der Waals surface area contributed by atoms with Gasteiger partial charge < -0.3 is 5.32 Å². The largest absolute Gasteiger partial charge is 0.311 e. The Morgan fingerprint density at radius 3 is 2.79 bits per heavy atom. The van der Waals surface area contributed by atoms with Crippen molar-refractivity contribution in [3.63, 3.8) is 0 Å². The fraction of sp³-hybridized carbons (Fsp3) is 0.308. The van der Waals surface area contributed by atoms with Crippen LogP contribution in [0.2, 0.25) is 10.0 Å². The summed E-state index contributed by atoms with van der Waals surface area (Å²) in [5.41, 5.74) is 0.999. The Bertz CT molecular complexity index is 537. The molecule has 1 N–H and O–H groups in total. The summed E-state index contributed by atoms with van der Waals surface area (Å²) < 4.78 is 1.81. The Labute approximate surface area is 127 Å². The first-order valence-electron chi connectivity index (χ1n) is 5.85. The zero-order valence-corrected chi connectivity index (χ0v) is 13.1. The smallest absolute Gasteiger partial charge is 0.0834 e. The van der Waals surface area contributed by atoms with Crippen molar-refractivity contribution in [2.75, 3.05) is 12.8 Å². The number of benzene rings is 1. The quantitative estimate of drug-likeness (QED) is 0.852. The number of aryl methyl sites for hydroxylation is 1. The van der Waals surface area contributed by atoms with Gasteiger partial charge in [-0.15, -0.1) is 11.8 Å². The van der Waals surface area contributed by atoms with Crippen molar-refractivity contribution in [2.45, 2.75) is 10.9 Å². The summed E-state index contributed by atoms with van der Waals surface area (Å²) in [5.74, 6) is 0.857. The second kappa shape index (κ2) is 6.66. The van der Waals surface area contributed by atoms with E-state index in [2.05, 4.69) is 10.4 Å². The van der Waals surface area contributed by atoms with E-state index < -0.39 is 0 Å². The van der Waals surface area contributed by atoms with Crippen LogP contribution in [-0.4, -0.2) is 22.6 Å². The van der Waals surface area contributed by atoms with Crippen LogP contribution in [-0.2, 0) is 7.05 Å². The molecule has 1 heterocycles. The molecule has 0 amide bonds. The molecule has 3 nitrogen and oxygen atoms in total. The van der Waals surface area contributed by atoms with E-state index in [-0.39, 0.29) is 6.04 Å². The molecular formula is C13H15Cl2N3S. The van der Waals surface area contributed by atoms with Crippen LogP contribution in [0.1, 0.15) is 11.7 Å². The summed E-state index contributed by atoms with van der Waals surface area (Å²) >= 11 is 13.9. The Morgan fingerprint density at radius 1 is 1.42 bits per heavy atom. The molecule has 2 aromatic rings. The minimum atomic E-state index is 0.143. The molecule has 0 aliphatic rings. The second-order valence-electron chi connectivity index (χ2n) is 4.11. The molecule has 0 spiro atoms. The fourth-order valence-electron chi connectivity index (χ4n) is 1.85. The van der Waals surface area contributed by atoms with Gasteiger partial charge in [-0.25, -0.2) is 0 Å². The molecule has 102 valence electrons. The van der Waals surface area contributed by atoms with Crippen LogP contribution in [0.15, 0.2) is 35.4 Å². The van der Waals surface area contributed by atoms with E-state index in [4.69, 9.17) is 23.2 Å². The van der Waals surface area contributed by atoms with Gasteiger partial charge in [0.1, 0.15) is 0 Å². The van der Waals surface area contributed by atoms with Crippen LogP contribution in [0.4, 0.5) is 0 Å². The van der Waals surface area contributed by atoms with Crippen molar-refractivity contribution in [2.24, 2.45) is 7.05 Å². The third-order valence-corrected chi connectivity index (χ3v) is 4.44. The van der Waals surface area contributed by atoms with Crippen molar-refractivity contribution >= 4 is 35.0 Å². The minimum Gasteiger partial charge on any atom is -0.311 e. The van der Waals surface area contributed by atoms with Crippen molar-refractivity contribution in [1.29, 1.82) is 0 Å².